The van der Waals surface area contributed by atoms with E-state index in [-0.39, 0.29) is 0 Å². The highest BCUT2D eigenvalue weighted by Crippen LogP contribution is 2.46. The zero-order valence-electron chi connectivity index (χ0n) is 32.7. The van der Waals surface area contributed by atoms with E-state index in [4.69, 9.17) is 0 Å². The number of nitrogens with zero attached hydrogens (tertiary/aromatic N) is 1. The van der Waals surface area contributed by atoms with Gasteiger partial charge in [0.15, 0.2) is 0 Å². The molecule has 1 aromatic heterocycles. The topological polar surface area (TPSA) is 3.24 Å². The number of hydrogen-bond acceptors (Lipinski definition) is 2. The second-order valence-corrected chi connectivity index (χ2v) is 16.7. The van der Waals surface area contributed by atoms with Crippen LogP contribution in [0.4, 0.5) is 17.1 Å². The molecule has 0 fully saturated rings. The third-order valence-electron chi connectivity index (χ3n) is 12.2. The third-order valence-corrected chi connectivity index (χ3v) is 13.4. The van der Waals surface area contributed by atoms with Crippen LogP contribution >= 0.6 is 11.3 Å². The third kappa shape index (κ3) is 5.68. The lowest BCUT2D eigenvalue weighted by Gasteiger charge is -2.29. The molecule has 0 spiro atoms. The van der Waals surface area contributed by atoms with Gasteiger partial charge in [-0.3, -0.25) is 0 Å². The van der Waals surface area contributed by atoms with Gasteiger partial charge < -0.3 is 4.90 Å². The van der Waals surface area contributed by atoms with E-state index in [9.17, 15) is 0 Å². The molecule has 0 radical (unpaired) electrons. The normalized spacial score (nSPS) is 11.7. The standard InChI is InChI=1S/C58H37NS/c1-3-17-47-39(12-1)14-10-22-50(47)51-19-5-7-24-55(51)59(46-16-9-15-44(36-46)49-21-11-23-53-52-20-6-8-25-56(52)60-58(49)53)45-34-32-38(33-35-45)43-31-28-41-27-30-42-29-26-40-13-2-4-18-48(40)57(42)54(41)37-43/h1-37H. The van der Waals surface area contributed by atoms with E-state index in [0.29, 0.717) is 0 Å². The molecule has 0 atom stereocenters. The fraction of sp³-hybridized carbons (Fsp3) is 0. The molecular formula is C58H37NS. The summed E-state index contributed by atoms with van der Waals surface area (Å²) in [7, 11) is 0. The average molecular weight is 780 g/mol. The van der Waals surface area contributed by atoms with Crippen LogP contribution in [-0.4, -0.2) is 0 Å². The first-order valence-corrected chi connectivity index (χ1v) is 21.4. The van der Waals surface area contributed by atoms with Crippen molar-refractivity contribution >= 4 is 91.7 Å². The molecule has 280 valence electrons. The zero-order valence-corrected chi connectivity index (χ0v) is 33.5. The Morgan fingerprint density at radius 2 is 0.883 bits per heavy atom. The highest BCUT2D eigenvalue weighted by molar-refractivity contribution is 7.26. The lowest BCUT2D eigenvalue weighted by Crippen LogP contribution is -2.11. The Hall–Kier alpha value is -7.52. The fourth-order valence-electron chi connectivity index (χ4n) is 9.38. The van der Waals surface area contributed by atoms with Crippen LogP contribution in [-0.2, 0) is 0 Å². The molecule has 1 heterocycles. The molecule has 0 aliphatic carbocycles. The molecule has 12 aromatic rings. The maximum atomic E-state index is 2.44. The van der Waals surface area contributed by atoms with Crippen molar-refractivity contribution in [2.45, 2.75) is 0 Å². The van der Waals surface area contributed by atoms with E-state index in [1.165, 1.54) is 96.6 Å². The van der Waals surface area contributed by atoms with Crippen molar-refractivity contribution in [2.24, 2.45) is 0 Å². The predicted molar refractivity (Wildman–Crippen MR) is 260 cm³/mol. The van der Waals surface area contributed by atoms with E-state index >= 15 is 0 Å². The molecule has 0 aliphatic rings. The molecule has 0 amide bonds. The summed E-state index contributed by atoms with van der Waals surface area (Å²) in [4.78, 5) is 2.44. The van der Waals surface area contributed by atoms with Gasteiger partial charge in [0.05, 0.1) is 5.69 Å². The van der Waals surface area contributed by atoms with Gasteiger partial charge in [-0.15, -0.1) is 11.3 Å². The monoisotopic (exact) mass is 779 g/mol. The van der Waals surface area contributed by atoms with E-state index in [1.807, 2.05) is 11.3 Å². The van der Waals surface area contributed by atoms with Gasteiger partial charge in [-0.25, -0.2) is 0 Å². The smallest absolute Gasteiger partial charge is 0.0540 e. The Bertz CT molecular complexity index is 3600. The summed E-state index contributed by atoms with van der Waals surface area (Å²) in [6.07, 6.45) is 0. The maximum Gasteiger partial charge on any atom is 0.0540 e. The van der Waals surface area contributed by atoms with E-state index in [0.717, 1.165) is 17.1 Å². The number of rotatable bonds is 6. The fourth-order valence-corrected chi connectivity index (χ4v) is 10.6. The van der Waals surface area contributed by atoms with Crippen molar-refractivity contribution in [3.8, 4) is 33.4 Å². The van der Waals surface area contributed by atoms with Crippen LogP contribution < -0.4 is 4.90 Å². The molecule has 0 bridgehead atoms. The first kappa shape index (κ1) is 34.5. The number of thiophene rings is 1. The Balaban J connectivity index is 1.03. The second-order valence-electron chi connectivity index (χ2n) is 15.6. The summed E-state index contributed by atoms with van der Waals surface area (Å²) in [5, 5.41) is 12.8. The number of benzene rings is 11. The Morgan fingerprint density at radius 1 is 0.300 bits per heavy atom. The van der Waals surface area contributed by atoms with Gasteiger partial charge in [-0.1, -0.05) is 182 Å². The van der Waals surface area contributed by atoms with Gasteiger partial charge in [0, 0.05) is 37.1 Å². The molecule has 2 heteroatoms. The van der Waals surface area contributed by atoms with Crippen molar-refractivity contribution in [3.63, 3.8) is 0 Å². The molecule has 60 heavy (non-hydrogen) atoms. The summed E-state index contributed by atoms with van der Waals surface area (Å²) in [6, 6.07) is 82.6. The quantitative estimate of drug-likeness (QED) is 0.152. The maximum absolute atomic E-state index is 2.44. The molecule has 12 rings (SSSR count). The minimum absolute atomic E-state index is 1.10. The van der Waals surface area contributed by atoms with Crippen LogP contribution in [0.5, 0.6) is 0 Å². The summed E-state index contributed by atoms with van der Waals surface area (Å²) < 4.78 is 2.63. The SMILES string of the molecule is c1cc(-c2cccc3c2sc2ccccc23)cc(N(c2ccc(-c3ccc4ccc5ccc6ccccc6c5c4c3)cc2)c2ccccc2-c2cccc3ccccc23)c1. The predicted octanol–water partition coefficient (Wildman–Crippen LogP) is 17.1. The van der Waals surface area contributed by atoms with Crippen molar-refractivity contribution < 1.29 is 0 Å². The molecule has 0 saturated heterocycles. The van der Waals surface area contributed by atoms with Gasteiger partial charge in [0.25, 0.3) is 0 Å². The summed E-state index contributed by atoms with van der Waals surface area (Å²) in [5.74, 6) is 0. The van der Waals surface area contributed by atoms with Crippen LogP contribution in [0.15, 0.2) is 224 Å². The van der Waals surface area contributed by atoms with Crippen LogP contribution in [0.2, 0.25) is 0 Å². The molecule has 0 aliphatic heterocycles. The lowest BCUT2D eigenvalue weighted by atomic mass is 9.94. The summed E-state index contributed by atoms with van der Waals surface area (Å²) >= 11 is 1.88. The number of fused-ring (bicyclic) bond motifs is 9. The van der Waals surface area contributed by atoms with E-state index in [1.54, 1.807) is 0 Å². The van der Waals surface area contributed by atoms with Crippen LogP contribution in [0.3, 0.4) is 0 Å². The highest BCUT2D eigenvalue weighted by atomic mass is 32.1. The van der Waals surface area contributed by atoms with E-state index in [2.05, 4.69) is 229 Å². The largest absolute Gasteiger partial charge is 0.310 e. The van der Waals surface area contributed by atoms with Gasteiger partial charge in [0.1, 0.15) is 0 Å². The van der Waals surface area contributed by atoms with Crippen LogP contribution in [0.1, 0.15) is 0 Å². The molecule has 0 saturated carbocycles. The Morgan fingerprint density at radius 3 is 1.75 bits per heavy atom. The number of hydrogen-bond donors (Lipinski definition) is 0. The van der Waals surface area contributed by atoms with Crippen LogP contribution in [0.25, 0.3) is 96.6 Å². The van der Waals surface area contributed by atoms with Gasteiger partial charge >= 0.3 is 0 Å². The van der Waals surface area contributed by atoms with Gasteiger partial charge in [0.2, 0.25) is 0 Å². The molecule has 11 aromatic carbocycles. The summed E-state index contributed by atoms with van der Waals surface area (Å²) in [6.45, 7) is 0. The molecule has 1 nitrogen and oxygen atoms in total. The molecule has 0 N–H and O–H groups in total. The second kappa shape index (κ2) is 14.1. The lowest BCUT2D eigenvalue weighted by molar-refractivity contribution is 1.28. The van der Waals surface area contributed by atoms with Gasteiger partial charge in [-0.2, -0.15) is 0 Å². The first-order valence-electron chi connectivity index (χ1n) is 20.6. The molecule has 0 unspecified atom stereocenters. The van der Waals surface area contributed by atoms with Gasteiger partial charge in [-0.05, 0) is 113 Å². The van der Waals surface area contributed by atoms with Crippen LogP contribution in [0, 0.1) is 0 Å². The number of para-hydroxylation sites is 1. The van der Waals surface area contributed by atoms with Crippen molar-refractivity contribution in [1.82, 2.24) is 0 Å². The Kier molecular flexibility index (Phi) is 8.11. The minimum atomic E-state index is 1.10. The zero-order chi connectivity index (χ0) is 39.6. The average Bonchev–Trinajstić information content (AvgIpc) is 3.71. The van der Waals surface area contributed by atoms with Crippen molar-refractivity contribution in [3.05, 3.63) is 224 Å². The highest BCUT2D eigenvalue weighted by Gasteiger charge is 2.20. The van der Waals surface area contributed by atoms with Crippen molar-refractivity contribution in [1.29, 1.82) is 0 Å². The van der Waals surface area contributed by atoms with E-state index < -0.39 is 0 Å². The molecular weight excluding hydrogens is 743 g/mol. The number of anilines is 3. The Labute approximate surface area is 352 Å². The minimum Gasteiger partial charge on any atom is -0.310 e. The van der Waals surface area contributed by atoms with Crippen molar-refractivity contribution in [2.75, 3.05) is 4.90 Å². The first-order chi connectivity index (χ1) is 29.7. The summed E-state index contributed by atoms with van der Waals surface area (Å²) in [5.41, 5.74) is 10.6.